The maximum absolute atomic E-state index is 12.2. The average Bonchev–Trinajstić information content (AvgIpc) is 2.47. The Morgan fingerprint density at radius 1 is 1.16 bits per heavy atom. The van der Waals surface area contributed by atoms with Gasteiger partial charge in [-0.3, -0.25) is 0 Å². The number of carbonyl (C=O) groups excluding carboxylic acids is 1. The molecule has 0 heterocycles. The molecule has 7 nitrogen and oxygen atoms in total. The highest BCUT2D eigenvalue weighted by atomic mass is 32.2. The Morgan fingerprint density at radius 3 is 2.40 bits per heavy atom. The van der Waals surface area contributed by atoms with E-state index in [0.717, 1.165) is 18.4 Å². The molecular weight excluding hydrogens is 342 g/mol. The second-order valence-electron chi connectivity index (χ2n) is 6.91. The molecule has 0 aromatic heterocycles. The molecule has 4 N–H and O–H groups in total. The third-order valence-corrected chi connectivity index (χ3v) is 4.83. The van der Waals surface area contributed by atoms with Gasteiger partial charge in [0.1, 0.15) is 5.60 Å². The number of sulfonamides is 1. The van der Waals surface area contributed by atoms with Gasteiger partial charge >= 0.3 is 6.09 Å². The van der Waals surface area contributed by atoms with Crippen molar-refractivity contribution >= 4 is 21.8 Å². The second-order valence-corrected chi connectivity index (χ2v) is 8.67. The number of ether oxygens (including phenoxy) is 1. The van der Waals surface area contributed by atoms with Crippen molar-refractivity contribution in [3.63, 3.8) is 0 Å². The number of anilines is 1. The van der Waals surface area contributed by atoms with Crippen molar-refractivity contribution < 1.29 is 17.9 Å². The second kappa shape index (κ2) is 9.05. The molecule has 0 spiro atoms. The minimum absolute atomic E-state index is 0.169. The van der Waals surface area contributed by atoms with E-state index in [1.165, 1.54) is 6.07 Å². The van der Waals surface area contributed by atoms with Gasteiger partial charge in [0.15, 0.2) is 0 Å². The Kier molecular flexibility index (Phi) is 7.69. The molecule has 0 saturated heterocycles. The van der Waals surface area contributed by atoms with Crippen LogP contribution in [-0.4, -0.2) is 33.2 Å². The number of rotatable bonds is 8. The number of aryl methyl sites for hydroxylation is 1. The van der Waals surface area contributed by atoms with Crippen LogP contribution in [0.4, 0.5) is 10.5 Å². The van der Waals surface area contributed by atoms with Crippen molar-refractivity contribution in [2.24, 2.45) is 0 Å². The van der Waals surface area contributed by atoms with Crippen molar-refractivity contribution in [1.29, 1.82) is 0 Å². The zero-order valence-electron chi connectivity index (χ0n) is 15.4. The summed E-state index contributed by atoms with van der Waals surface area (Å²) < 4.78 is 32.0. The zero-order chi connectivity index (χ0) is 19.1. The van der Waals surface area contributed by atoms with Gasteiger partial charge in [-0.2, -0.15) is 0 Å². The topological polar surface area (TPSA) is 111 Å². The van der Waals surface area contributed by atoms with Crippen LogP contribution in [0, 0.1) is 6.92 Å². The van der Waals surface area contributed by atoms with Crippen LogP contribution in [-0.2, 0) is 14.8 Å². The van der Waals surface area contributed by atoms with Gasteiger partial charge in [-0.05, 0) is 58.2 Å². The third-order valence-electron chi connectivity index (χ3n) is 3.37. The number of benzene rings is 1. The fourth-order valence-corrected chi connectivity index (χ4v) is 3.12. The molecule has 1 aromatic rings. The summed E-state index contributed by atoms with van der Waals surface area (Å²) in [6.07, 6.45) is 1.77. The molecule has 1 aromatic carbocycles. The van der Waals surface area contributed by atoms with E-state index in [0.29, 0.717) is 25.2 Å². The molecule has 0 bridgehead atoms. The van der Waals surface area contributed by atoms with Crippen LogP contribution >= 0.6 is 0 Å². The molecule has 142 valence electrons. The first-order chi connectivity index (χ1) is 11.5. The van der Waals surface area contributed by atoms with E-state index in [2.05, 4.69) is 10.0 Å². The van der Waals surface area contributed by atoms with Crippen molar-refractivity contribution in [2.75, 3.05) is 18.8 Å². The van der Waals surface area contributed by atoms with E-state index >= 15 is 0 Å². The Bertz CT molecular complexity index is 682. The average molecular weight is 372 g/mol. The Balaban J connectivity index is 2.25. The fraction of sp³-hybridized carbons (Fsp3) is 0.588. The maximum Gasteiger partial charge on any atom is 0.407 e. The predicted octanol–water partition coefficient (Wildman–Crippen LogP) is 2.55. The molecule has 0 unspecified atom stereocenters. The van der Waals surface area contributed by atoms with Gasteiger partial charge < -0.3 is 15.8 Å². The summed E-state index contributed by atoms with van der Waals surface area (Å²) >= 11 is 0. The third kappa shape index (κ3) is 8.22. The lowest BCUT2D eigenvalue weighted by Gasteiger charge is -2.19. The minimum Gasteiger partial charge on any atom is -0.444 e. The van der Waals surface area contributed by atoms with Crippen LogP contribution in [0.1, 0.15) is 45.6 Å². The summed E-state index contributed by atoms with van der Waals surface area (Å²) in [6.45, 7) is 8.07. The smallest absolute Gasteiger partial charge is 0.407 e. The summed E-state index contributed by atoms with van der Waals surface area (Å²) in [6, 6.07) is 4.69. The lowest BCUT2D eigenvalue weighted by atomic mass is 10.2. The quantitative estimate of drug-likeness (QED) is 0.480. The number of amides is 1. The highest BCUT2D eigenvalue weighted by Gasteiger charge is 2.16. The van der Waals surface area contributed by atoms with Gasteiger partial charge in [0, 0.05) is 18.8 Å². The lowest BCUT2D eigenvalue weighted by molar-refractivity contribution is 0.0527. The Morgan fingerprint density at radius 2 is 1.80 bits per heavy atom. The molecule has 0 saturated carbocycles. The largest absolute Gasteiger partial charge is 0.444 e. The molecule has 1 amide bonds. The zero-order valence-corrected chi connectivity index (χ0v) is 16.2. The highest BCUT2D eigenvalue weighted by molar-refractivity contribution is 7.89. The fourth-order valence-electron chi connectivity index (χ4n) is 2.01. The number of carbonyl (C=O) groups is 1. The Hall–Kier alpha value is -1.80. The number of unbranched alkanes of at least 4 members (excludes halogenated alkanes) is 2. The molecule has 0 atom stereocenters. The van der Waals surface area contributed by atoms with Gasteiger partial charge in [0.25, 0.3) is 0 Å². The number of nitrogens with one attached hydrogen (secondary N) is 2. The lowest BCUT2D eigenvalue weighted by Crippen LogP contribution is -2.33. The van der Waals surface area contributed by atoms with E-state index in [-0.39, 0.29) is 4.90 Å². The van der Waals surface area contributed by atoms with Crippen molar-refractivity contribution in [2.45, 2.75) is 57.5 Å². The molecule has 8 heteroatoms. The summed E-state index contributed by atoms with van der Waals surface area (Å²) in [5.41, 5.74) is 6.54. The summed E-state index contributed by atoms with van der Waals surface area (Å²) in [5.74, 6) is 0. The summed E-state index contributed by atoms with van der Waals surface area (Å²) in [5, 5.41) is 2.67. The number of nitrogen functional groups attached to an aromatic ring is 1. The molecule has 25 heavy (non-hydrogen) atoms. The van der Waals surface area contributed by atoms with Gasteiger partial charge in [0.2, 0.25) is 10.0 Å². The summed E-state index contributed by atoms with van der Waals surface area (Å²) in [7, 11) is -3.55. The molecular formula is C17H29N3O4S. The molecule has 0 fully saturated rings. The standard InChI is InChI=1S/C17H29N3O4S/c1-13-8-9-14(12-15(13)18)25(22,23)20-11-7-5-6-10-19-16(21)24-17(2,3)4/h8-9,12,20H,5-7,10-11,18H2,1-4H3,(H,19,21). The number of hydrogen-bond acceptors (Lipinski definition) is 5. The first kappa shape index (κ1) is 21.2. The number of nitrogens with two attached hydrogens (primary N) is 1. The molecule has 0 aliphatic rings. The van der Waals surface area contributed by atoms with E-state index in [9.17, 15) is 13.2 Å². The normalized spacial score (nSPS) is 12.0. The van der Waals surface area contributed by atoms with Crippen LogP contribution in [0.5, 0.6) is 0 Å². The molecule has 0 radical (unpaired) electrons. The minimum atomic E-state index is -3.55. The van der Waals surface area contributed by atoms with Crippen molar-refractivity contribution in [1.82, 2.24) is 10.0 Å². The first-order valence-corrected chi connectivity index (χ1v) is 9.82. The van der Waals surface area contributed by atoms with Gasteiger partial charge in [-0.1, -0.05) is 12.5 Å². The van der Waals surface area contributed by atoms with Gasteiger partial charge in [-0.25, -0.2) is 17.9 Å². The number of hydrogen-bond donors (Lipinski definition) is 3. The van der Waals surface area contributed by atoms with E-state index in [1.807, 2.05) is 6.92 Å². The van der Waals surface area contributed by atoms with E-state index < -0.39 is 21.7 Å². The Labute approximate surface area is 150 Å². The van der Waals surface area contributed by atoms with Gasteiger partial charge in [-0.15, -0.1) is 0 Å². The van der Waals surface area contributed by atoms with Gasteiger partial charge in [0.05, 0.1) is 4.90 Å². The van der Waals surface area contributed by atoms with Crippen molar-refractivity contribution in [3.8, 4) is 0 Å². The molecule has 0 aliphatic carbocycles. The van der Waals surface area contributed by atoms with Crippen LogP contribution in [0.25, 0.3) is 0 Å². The molecule has 1 rings (SSSR count). The van der Waals surface area contributed by atoms with Crippen LogP contribution in [0.2, 0.25) is 0 Å². The van der Waals surface area contributed by atoms with E-state index in [4.69, 9.17) is 10.5 Å². The SMILES string of the molecule is Cc1ccc(S(=O)(=O)NCCCCCNC(=O)OC(C)(C)C)cc1N. The number of alkyl carbamates (subject to hydrolysis) is 1. The maximum atomic E-state index is 12.2. The van der Waals surface area contributed by atoms with Crippen LogP contribution < -0.4 is 15.8 Å². The predicted molar refractivity (Wildman–Crippen MR) is 98.9 cm³/mol. The first-order valence-electron chi connectivity index (χ1n) is 8.34. The van der Waals surface area contributed by atoms with Crippen molar-refractivity contribution in [3.05, 3.63) is 23.8 Å². The monoisotopic (exact) mass is 371 g/mol. The molecule has 0 aliphatic heterocycles. The van der Waals surface area contributed by atoms with Crippen LogP contribution in [0.15, 0.2) is 23.1 Å². The summed E-state index contributed by atoms with van der Waals surface area (Å²) in [4.78, 5) is 11.6. The van der Waals surface area contributed by atoms with E-state index in [1.54, 1.807) is 32.9 Å². The van der Waals surface area contributed by atoms with Crippen LogP contribution in [0.3, 0.4) is 0 Å². The highest BCUT2D eigenvalue weighted by Crippen LogP contribution is 2.17.